The monoisotopic (exact) mass is 332 g/mol. The number of rotatable bonds is 2. The van der Waals surface area contributed by atoms with E-state index in [2.05, 4.69) is 4.98 Å². The molecule has 0 aliphatic rings. The van der Waals surface area contributed by atoms with Gasteiger partial charge in [0.2, 0.25) is 0 Å². The number of nitrogens with one attached hydrogen (secondary N) is 1. The highest BCUT2D eigenvalue weighted by atomic mass is 16.4. The van der Waals surface area contributed by atoms with Crippen LogP contribution in [0.1, 0.15) is 10.4 Å². The van der Waals surface area contributed by atoms with Crippen LogP contribution in [0.3, 0.4) is 0 Å². The summed E-state index contributed by atoms with van der Waals surface area (Å²) in [5, 5.41) is 11.0. The minimum Gasteiger partial charge on any atom is -0.464 e. The van der Waals surface area contributed by atoms with Crippen molar-refractivity contribution in [2.24, 2.45) is 0 Å². The van der Waals surface area contributed by atoms with E-state index in [-0.39, 0.29) is 16.8 Å². The zero-order valence-corrected chi connectivity index (χ0v) is 12.9. The van der Waals surface area contributed by atoms with Gasteiger partial charge in [0.25, 0.3) is 5.56 Å². The Morgan fingerprint density at radius 2 is 1.84 bits per heavy atom. The number of aromatic nitrogens is 2. The Hall–Kier alpha value is -3.67. The standard InChI is InChI=1S/C19H12N2O4/c22-10-11-5-6-16-13(7-11)9-17(21(16)19(24)25)14-8-12-3-1-2-4-15(12)20-18(14)23/h1-10H,(H,20,23)(H,24,25). The Labute approximate surface area is 140 Å². The average Bonchev–Trinajstić information content (AvgIpc) is 2.99. The van der Waals surface area contributed by atoms with Crippen LogP contribution in [-0.4, -0.2) is 27.0 Å². The number of carbonyl (C=O) groups is 2. The van der Waals surface area contributed by atoms with E-state index in [1.54, 1.807) is 36.4 Å². The summed E-state index contributed by atoms with van der Waals surface area (Å²) < 4.78 is 1.06. The van der Waals surface area contributed by atoms with Crippen LogP contribution in [-0.2, 0) is 0 Å². The van der Waals surface area contributed by atoms with Gasteiger partial charge in [-0.1, -0.05) is 18.2 Å². The number of para-hydroxylation sites is 1. The van der Waals surface area contributed by atoms with Gasteiger partial charge in [0, 0.05) is 16.5 Å². The first-order chi connectivity index (χ1) is 12.1. The van der Waals surface area contributed by atoms with Gasteiger partial charge in [-0.05, 0) is 41.8 Å². The van der Waals surface area contributed by atoms with Gasteiger partial charge in [0.05, 0.1) is 16.8 Å². The number of H-pyrrole nitrogens is 1. The fourth-order valence-electron chi connectivity index (χ4n) is 3.05. The van der Waals surface area contributed by atoms with Crippen molar-refractivity contribution >= 4 is 34.2 Å². The van der Waals surface area contributed by atoms with E-state index in [1.807, 2.05) is 18.2 Å². The smallest absolute Gasteiger partial charge is 0.416 e. The molecule has 0 fully saturated rings. The summed E-state index contributed by atoms with van der Waals surface area (Å²) in [6.07, 6.45) is -0.503. The molecule has 0 bridgehead atoms. The number of aromatic amines is 1. The van der Waals surface area contributed by atoms with Gasteiger partial charge < -0.3 is 10.1 Å². The minimum absolute atomic E-state index is 0.255. The molecule has 0 amide bonds. The first-order valence-corrected chi connectivity index (χ1v) is 7.55. The third-order valence-electron chi connectivity index (χ3n) is 4.18. The van der Waals surface area contributed by atoms with Gasteiger partial charge in [-0.25, -0.2) is 9.36 Å². The van der Waals surface area contributed by atoms with Crippen molar-refractivity contribution < 1.29 is 14.7 Å². The van der Waals surface area contributed by atoms with Crippen molar-refractivity contribution in [1.82, 2.24) is 9.55 Å². The van der Waals surface area contributed by atoms with Crippen LogP contribution >= 0.6 is 0 Å². The molecule has 0 saturated carbocycles. The average molecular weight is 332 g/mol. The summed E-state index contributed by atoms with van der Waals surface area (Å²) in [4.78, 5) is 38.0. The van der Waals surface area contributed by atoms with Crippen LogP contribution in [0.5, 0.6) is 0 Å². The second kappa shape index (κ2) is 5.45. The highest BCUT2D eigenvalue weighted by Crippen LogP contribution is 2.28. The molecular weight excluding hydrogens is 320 g/mol. The maximum Gasteiger partial charge on any atom is 0.416 e. The summed E-state index contributed by atoms with van der Waals surface area (Å²) in [6.45, 7) is 0. The Morgan fingerprint density at radius 1 is 1.04 bits per heavy atom. The van der Waals surface area contributed by atoms with Crippen molar-refractivity contribution in [3.63, 3.8) is 0 Å². The summed E-state index contributed by atoms with van der Waals surface area (Å²) in [7, 11) is 0. The maximum absolute atomic E-state index is 12.5. The van der Waals surface area contributed by atoms with Crippen molar-refractivity contribution in [2.75, 3.05) is 0 Å². The molecule has 6 nitrogen and oxygen atoms in total. The molecule has 0 saturated heterocycles. The summed E-state index contributed by atoms with van der Waals surface area (Å²) in [5.41, 5.74) is 1.68. The molecule has 0 radical (unpaired) electrons. The summed E-state index contributed by atoms with van der Waals surface area (Å²) in [5.74, 6) is 0. The predicted octanol–water partition coefficient (Wildman–Crippen LogP) is 3.49. The van der Waals surface area contributed by atoms with Crippen LogP contribution in [0.4, 0.5) is 4.79 Å². The quantitative estimate of drug-likeness (QED) is 0.550. The molecule has 0 aliphatic carbocycles. The number of hydrogen-bond acceptors (Lipinski definition) is 3. The van der Waals surface area contributed by atoms with Crippen LogP contribution in [0.2, 0.25) is 0 Å². The fourth-order valence-corrected chi connectivity index (χ4v) is 3.05. The molecule has 4 rings (SSSR count). The number of carbonyl (C=O) groups excluding carboxylic acids is 1. The molecule has 2 heterocycles. The lowest BCUT2D eigenvalue weighted by Crippen LogP contribution is -2.15. The number of nitrogens with zero attached hydrogens (tertiary/aromatic N) is 1. The van der Waals surface area contributed by atoms with Crippen LogP contribution in [0.25, 0.3) is 33.1 Å². The van der Waals surface area contributed by atoms with Gasteiger partial charge in [-0.3, -0.25) is 9.59 Å². The van der Waals surface area contributed by atoms with Gasteiger partial charge >= 0.3 is 6.09 Å². The zero-order chi connectivity index (χ0) is 17.6. The molecular formula is C19H12N2O4. The van der Waals surface area contributed by atoms with E-state index in [9.17, 15) is 19.5 Å². The van der Waals surface area contributed by atoms with E-state index in [4.69, 9.17) is 0 Å². The molecule has 0 unspecified atom stereocenters. The molecule has 0 atom stereocenters. The van der Waals surface area contributed by atoms with Gasteiger partial charge in [-0.15, -0.1) is 0 Å². The SMILES string of the molecule is O=Cc1ccc2c(c1)cc(-c1cc3ccccc3[nH]c1=O)n2C(=O)O. The van der Waals surface area contributed by atoms with E-state index >= 15 is 0 Å². The fraction of sp³-hybridized carbons (Fsp3) is 0. The maximum atomic E-state index is 12.5. The number of fused-ring (bicyclic) bond motifs is 2. The molecule has 6 heteroatoms. The lowest BCUT2D eigenvalue weighted by molar-refractivity contribution is 0.112. The Kier molecular flexibility index (Phi) is 3.25. The normalized spacial score (nSPS) is 11.0. The van der Waals surface area contributed by atoms with E-state index in [1.165, 1.54) is 0 Å². The van der Waals surface area contributed by atoms with E-state index in [0.29, 0.717) is 28.3 Å². The third-order valence-corrected chi connectivity index (χ3v) is 4.18. The Balaban J connectivity index is 2.08. The Morgan fingerprint density at radius 3 is 2.60 bits per heavy atom. The lowest BCUT2D eigenvalue weighted by atomic mass is 10.1. The topological polar surface area (TPSA) is 92.2 Å². The molecule has 122 valence electrons. The Bertz CT molecular complexity index is 1220. The summed E-state index contributed by atoms with van der Waals surface area (Å²) in [6, 6.07) is 15.3. The molecule has 0 aliphatic heterocycles. The predicted molar refractivity (Wildman–Crippen MR) is 94.3 cm³/mol. The first kappa shape index (κ1) is 14.9. The van der Waals surface area contributed by atoms with Crippen LogP contribution in [0, 0.1) is 0 Å². The van der Waals surface area contributed by atoms with Crippen molar-refractivity contribution in [2.45, 2.75) is 0 Å². The molecule has 2 N–H and O–H groups in total. The zero-order valence-electron chi connectivity index (χ0n) is 12.9. The second-order valence-corrected chi connectivity index (χ2v) is 5.68. The number of hydrogen-bond donors (Lipinski definition) is 2. The summed E-state index contributed by atoms with van der Waals surface area (Å²) >= 11 is 0. The van der Waals surface area contributed by atoms with Crippen molar-refractivity contribution in [1.29, 1.82) is 0 Å². The number of aldehydes is 1. The van der Waals surface area contributed by atoms with Crippen molar-refractivity contribution in [3.8, 4) is 11.3 Å². The largest absolute Gasteiger partial charge is 0.464 e. The molecule has 25 heavy (non-hydrogen) atoms. The molecule has 2 aromatic carbocycles. The number of carboxylic acid groups (broad SMARTS) is 1. The molecule has 0 spiro atoms. The third kappa shape index (κ3) is 2.31. The second-order valence-electron chi connectivity index (χ2n) is 5.68. The van der Waals surface area contributed by atoms with Gasteiger partial charge in [0.1, 0.15) is 6.29 Å². The van der Waals surface area contributed by atoms with E-state index in [0.717, 1.165) is 9.95 Å². The number of benzene rings is 2. The number of pyridine rings is 1. The van der Waals surface area contributed by atoms with E-state index < -0.39 is 6.09 Å². The van der Waals surface area contributed by atoms with Crippen molar-refractivity contribution in [3.05, 3.63) is 70.5 Å². The van der Waals surface area contributed by atoms with Gasteiger partial charge in [0.15, 0.2) is 0 Å². The van der Waals surface area contributed by atoms with Crippen LogP contribution in [0.15, 0.2) is 59.4 Å². The molecule has 2 aromatic heterocycles. The van der Waals surface area contributed by atoms with Crippen LogP contribution < -0.4 is 5.56 Å². The minimum atomic E-state index is -1.20. The highest BCUT2D eigenvalue weighted by Gasteiger charge is 2.18. The first-order valence-electron chi connectivity index (χ1n) is 7.55. The molecule has 4 aromatic rings. The highest BCUT2D eigenvalue weighted by molar-refractivity contribution is 5.98. The lowest BCUT2D eigenvalue weighted by Gasteiger charge is -2.06. The van der Waals surface area contributed by atoms with Gasteiger partial charge in [-0.2, -0.15) is 0 Å².